The van der Waals surface area contributed by atoms with Gasteiger partial charge in [-0.05, 0) is 60.9 Å². The monoisotopic (exact) mass is 272 g/mol. The van der Waals surface area contributed by atoms with Gasteiger partial charge in [-0.3, -0.25) is 0 Å². The molecule has 2 rings (SSSR count). The van der Waals surface area contributed by atoms with E-state index < -0.39 is 0 Å². The minimum absolute atomic E-state index is 0.180. The molecule has 0 aliphatic rings. The van der Waals surface area contributed by atoms with Crippen LogP contribution >= 0.6 is 0 Å². The number of nitrogens with two attached hydrogens (primary N) is 1. The van der Waals surface area contributed by atoms with Gasteiger partial charge in [0.05, 0.1) is 0 Å². The molecule has 0 bridgehead atoms. The van der Waals surface area contributed by atoms with Gasteiger partial charge in [-0.15, -0.1) is 0 Å². The first-order valence-electron chi connectivity index (χ1n) is 6.95. The van der Waals surface area contributed by atoms with Crippen LogP contribution in [0, 0.1) is 12.7 Å². The van der Waals surface area contributed by atoms with E-state index in [0.29, 0.717) is 0 Å². The Hall–Kier alpha value is -2.03. The van der Waals surface area contributed by atoms with Crippen LogP contribution in [0.2, 0.25) is 0 Å². The first-order valence-corrected chi connectivity index (χ1v) is 6.95. The Kier molecular flexibility index (Phi) is 4.61. The number of halogens is 1. The van der Waals surface area contributed by atoms with Crippen molar-refractivity contribution in [1.82, 2.24) is 0 Å². The molecule has 20 heavy (non-hydrogen) atoms. The van der Waals surface area contributed by atoms with Gasteiger partial charge in [-0.2, -0.15) is 0 Å². The molecule has 0 spiro atoms. The van der Waals surface area contributed by atoms with E-state index in [1.807, 2.05) is 37.3 Å². The summed E-state index contributed by atoms with van der Waals surface area (Å²) in [5.41, 5.74) is 9.78. The van der Waals surface area contributed by atoms with E-state index in [2.05, 4.69) is 11.8 Å². The average molecular weight is 272 g/mol. The van der Waals surface area contributed by atoms with Crippen molar-refractivity contribution in [3.8, 4) is 0 Å². The summed E-state index contributed by atoms with van der Waals surface area (Å²) >= 11 is 0. The molecular weight excluding hydrogens is 251 g/mol. The van der Waals surface area contributed by atoms with Crippen LogP contribution in [0.25, 0.3) is 0 Å². The molecule has 0 saturated carbocycles. The zero-order valence-electron chi connectivity index (χ0n) is 12.1. The summed E-state index contributed by atoms with van der Waals surface area (Å²) in [4.78, 5) is 2.29. The average Bonchev–Trinajstić information content (AvgIpc) is 2.42. The third kappa shape index (κ3) is 3.50. The van der Waals surface area contributed by atoms with E-state index in [-0.39, 0.29) is 5.82 Å². The van der Waals surface area contributed by atoms with Crippen LogP contribution in [-0.2, 0) is 6.54 Å². The number of aryl methyl sites for hydroxylation is 1. The van der Waals surface area contributed by atoms with Crippen molar-refractivity contribution in [2.24, 2.45) is 0 Å². The molecule has 106 valence electrons. The van der Waals surface area contributed by atoms with Gasteiger partial charge in [0.2, 0.25) is 0 Å². The third-order valence-corrected chi connectivity index (χ3v) is 3.42. The zero-order chi connectivity index (χ0) is 14.5. The molecule has 0 aliphatic carbocycles. The molecule has 0 unspecified atom stereocenters. The smallest absolute Gasteiger partial charge is 0.123 e. The van der Waals surface area contributed by atoms with E-state index in [4.69, 9.17) is 5.73 Å². The summed E-state index contributed by atoms with van der Waals surface area (Å²) < 4.78 is 13.2. The van der Waals surface area contributed by atoms with E-state index in [1.54, 1.807) is 6.07 Å². The fourth-order valence-corrected chi connectivity index (χ4v) is 2.30. The van der Waals surface area contributed by atoms with Crippen LogP contribution < -0.4 is 10.6 Å². The molecule has 0 atom stereocenters. The number of hydrogen-bond acceptors (Lipinski definition) is 2. The van der Waals surface area contributed by atoms with Gasteiger partial charge in [0.1, 0.15) is 5.82 Å². The van der Waals surface area contributed by atoms with Crippen molar-refractivity contribution >= 4 is 11.4 Å². The molecular formula is C17H21FN2. The summed E-state index contributed by atoms with van der Waals surface area (Å²) in [5.74, 6) is -0.180. The van der Waals surface area contributed by atoms with Crippen LogP contribution in [0.5, 0.6) is 0 Å². The Morgan fingerprint density at radius 2 is 1.80 bits per heavy atom. The second-order valence-electron chi connectivity index (χ2n) is 5.08. The van der Waals surface area contributed by atoms with Gasteiger partial charge >= 0.3 is 0 Å². The largest absolute Gasteiger partial charge is 0.399 e. The van der Waals surface area contributed by atoms with Crippen molar-refractivity contribution in [3.63, 3.8) is 0 Å². The molecule has 2 aromatic rings. The summed E-state index contributed by atoms with van der Waals surface area (Å²) in [7, 11) is 0. The van der Waals surface area contributed by atoms with Gasteiger partial charge in [-0.1, -0.05) is 13.0 Å². The number of benzene rings is 2. The predicted octanol–water partition coefficient (Wildman–Crippen LogP) is 4.13. The maximum atomic E-state index is 13.2. The minimum Gasteiger partial charge on any atom is -0.399 e. The van der Waals surface area contributed by atoms with Gasteiger partial charge in [0.15, 0.2) is 0 Å². The summed E-state index contributed by atoms with van der Waals surface area (Å²) in [6.45, 7) is 5.85. The van der Waals surface area contributed by atoms with Crippen LogP contribution in [0.15, 0.2) is 42.5 Å². The number of nitrogen functional groups attached to an aromatic ring is 1. The predicted molar refractivity (Wildman–Crippen MR) is 83.3 cm³/mol. The Bertz CT molecular complexity index is 564. The Morgan fingerprint density at radius 1 is 1.10 bits per heavy atom. The van der Waals surface area contributed by atoms with Gasteiger partial charge in [0.25, 0.3) is 0 Å². The SMILES string of the molecule is CCCN(Cc1ccc(F)cc1C)c1ccc(N)cc1. The van der Waals surface area contributed by atoms with Crippen LogP contribution in [0.4, 0.5) is 15.8 Å². The molecule has 2 aromatic carbocycles. The maximum Gasteiger partial charge on any atom is 0.123 e. The highest BCUT2D eigenvalue weighted by Gasteiger charge is 2.08. The lowest BCUT2D eigenvalue weighted by molar-refractivity contribution is 0.625. The van der Waals surface area contributed by atoms with Crippen LogP contribution in [0.1, 0.15) is 24.5 Å². The van der Waals surface area contributed by atoms with Gasteiger partial charge in [-0.25, -0.2) is 4.39 Å². The van der Waals surface area contributed by atoms with E-state index in [1.165, 1.54) is 6.07 Å². The fourth-order valence-electron chi connectivity index (χ4n) is 2.30. The van der Waals surface area contributed by atoms with Crippen molar-refractivity contribution in [1.29, 1.82) is 0 Å². The molecule has 0 saturated heterocycles. The third-order valence-electron chi connectivity index (χ3n) is 3.42. The normalized spacial score (nSPS) is 10.6. The van der Waals surface area contributed by atoms with E-state index in [9.17, 15) is 4.39 Å². The van der Waals surface area contributed by atoms with E-state index >= 15 is 0 Å². The van der Waals surface area contributed by atoms with Crippen LogP contribution in [-0.4, -0.2) is 6.54 Å². The fraction of sp³-hybridized carbons (Fsp3) is 0.294. The van der Waals surface area contributed by atoms with Crippen molar-refractivity contribution in [3.05, 3.63) is 59.4 Å². The zero-order valence-corrected chi connectivity index (χ0v) is 12.1. The molecule has 3 heteroatoms. The lowest BCUT2D eigenvalue weighted by Gasteiger charge is -2.25. The van der Waals surface area contributed by atoms with Crippen molar-refractivity contribution in [2.45, 2.75) is 26.8 Å². The highest BCUT2D eigenvalue weighted by molar-refractivity contribution is 5.53. The molecule has 0 amide bonds. The number of hydrogen-bond donors (Lipinski definition) is 1. The molecule has 0 aromatic heterocycles. The molecule has 0 aliphatic heterocycles. The second kappa shape index (κ2) is 6.42. The maximum absolute atomic E-state index is 13.2. The standard InChI is InChI=1S/C17H21FN2/c1-3-10-20(17-8-6-16(19)7-9-17)12-14-4-5-15(18)11-13(14)2/h4-9,11H,3,10,12,19H2,1-2H3. The minimum atomic E-state index is -0.180. The number of rotatable bonds is 5. The second-order valence-corrected chi connectivity index (χ2v) is 5.08. The molecule has 0 fully saturated rings. The summed E-state index contributed by atoms with van der Waals surface area (Å²) in [6, 6.07) is 12.9. The van der Waals surface area contributed by atoms with E-state index in [0.717, 1.165) is 42.0 Å². The molecule has 0 heterocycles. The van der Waals surface area contributed by atoms with Gasteiger partial charge in [0, 0.05) is 24.5 Å². The highest BCUT2D eigenvalue weighted by atomic mass is 19.1. The Labute approximate surface area is 120 Å². The lowest BCUT2D eigenvalue weighted by Crippen LogP contribution is -2.23. The Morgan fingerprint density at radius 3 is 2.40 bits per heavy atom. The highest BCUT2D eigenvalue weighted by Crippen LogP contribution is 2.21. The Balaban J connectivity index is 2.22. The summed E-state index contributed by atoms with van der Waals surface area (Å²) in [5, 5.41) is 0. The topological polar surface area (TPSA) is 29.3 Å². The molecule has 2 N–H and O–H groups in total. The number of anilines is 2. The quantitative estimate of drug-likeness (QED) is 0.829. The lowest BCUT2D eigenvalue weighted by atomic mass is 10.1. The summed E-state index contributed by atoms with van der Waals surface area (Å²) in [6.07, 6.45) is 1.06. The molecule has 2 nitrogen and oxygen atoms in total. The first kappa shape index (κ1) is 14.4. The van der Waals surface area contributed by atoms with Crippen molar-refractivity contribution < 1.29 is 4.39 Å². The number of nitrogens with zero attached hydrogens (tertiary/aromatic N) is 1. The first-order chi connectivity index (χ1) is 9.60. The van der Waals surface area contributed by atoms with Gasteiger partial charge < -0.3 is 10.6 Å². The van der Waals surface area contributed by atoms with Crippen LogP contribution in [0.3, 0.4) is 0 Å². The molecule has 0 radical (unpaired) electrons. The van der Waals surface area contributed by atoms with Crippen molar-refractivity contribution in [2.75, 3.05) is 17.2 Å².